The molecule has 170 valence electrons. The molecule has 4 rings (SSSR count). The zero-order chi connectivity index (χ0) is 22.9. The van der Waals surface area contributed by atoms with Crippen LogP contribution in [0.1, 0.15) is 41.6 Å². The zero-order valence-electron chi connectivity index (χ0n) is 17.9. The third-order valence-electron chi connectivity index (χ3n) is 6.11. The van der Waals surface area contributed by atoms with Gasteiger partial charge in [0.2, 0.25) is 5.17 Å². The van der Waals surface area contributed by atoms with E-state index in [4.69, 9.17) is 16.5 Å². The molecule has 0 radical (unpaired) electrons. The number of fused-ring (bicyclic) bond motifs is 1. The highest BCUT2D eigenvalue weighted by Gasteiger charge is 2.57. The number of amidine groups is 1. The molecule has 2 atom stereocenters. The molecule has 1 aromatic heterocycles. The number of hydrogen-bond acceptors (Lipinski definition) is 8. The third kappa shape index (κ3) is 4.23. The van der Waals surface area contributed by atoms with Crippen LogP contribution in [0.25, 0.3) is 0 Å². The van der Waals surface area contributed by atoms with Crippen LogP contribution in [-0.4, -0.2) is 35.2 Å². The summed E-state index contributed by atoms with van der Waals surface area (Å²) in [5.41, 5.74) is 4.48. The summed E-state index contributed by atoms with van der Waals surface area (Å²) < 4.78 is 14.9. The first-order valence-electron chi connectivity index (χ1n) is 10.2. The van der Waals surface area contributed by atoms with Gasteiger partial charge < -0.3 is 11.2 Å². The highest BCUT2D eigenvalue weighted by Crippen LogP contribution is 2.64. The van der Waals surface area contributed by atoms with Gasteiger partial charge in [-0.25, -0.2) is 15.2 Å². The van der Waals surface area contributed by atoms with E-state index in [0.717, 1.165) is 30.2 Å². The Bertz CT molecular complexity index is 1060. The first-order valence-corrected chi connectivity index (χ1v) is 11.0. The smallest absolute Gasteiger partial charge is 0.258 e. The summed E-state index contributed by atoms with van der Waals surface area (Å²) >= 11 is 1.10. The molecule has 11 heteroatoms. The van der Waals surface area contributed by atoms with E-state index in [9.17, 15) is 9.18 Å². The number of aromatic nitrogens is 1. The molecule has 6 N–H and O–H groups in total. The van der Waals surface area contributed by atoms with Crippen molar-refractivity contribution in [3.05, 3.63) is 47.4 Å². The number of hydrazine groups is 1. The summed E-state index contributed by atoms with van der Waals surface area (Å²) in [4.78, 5) is 22.8. The predicted octanol–water partition coefficient (Wildman–Crippen LogP) is 3.02. The largest absolute Gasteiger partial charge is 0.321 e. The lowest BCUT2D eigenvalue weighted by molar-refractivity contribution is 0.102. The second kappa shape index (κ2) is 8.93. The molecule has 0 aliphatic heterocycles. The van der Waals surface area contributed by atoms with Crippen LogP contribution < -0.4 is 22.5 Å². The third-order valence-corrected chi connectivity index (χ3v) is 7.26. The van der Waals surface area contributed by atoms with Gasteiger partial charge in [-0.2, -0.15) is 5.10 Å². The number of hydrogen-bond donors (Lipinski definition) is 4. The first kappa shape index (κ1) is 22.3. The average Bonchev–Trinajstić information content (AvgIpc) is 3.34. The number of hydrazone groups is 1. The number of pyridine rings is 1. The Labute approximate surface area is 189 Å². The van der Waals surface area contributed by atoms with Crippen LogP contribution in [0, 0.1) is 11.7 Å². The number of rotatable bonds is 6. The summed E-state index contributed by atoms with van der Waals surface area (Å²) in [6, 6.07) is 6.49. The monoisotopic (exact) mass is 459 g/mol. The molecule has 1 aromatic carbocycles. The number of nitrogens with zero attached hydrogens (tertiary/aromatic N) is 3. The molecule has 0 bridgehead atoms. The van der Waals surface area contributed by atoms with Crippen molar-refractivity contribution in [2.75, 3.05) is 25.0 Å². The standard InChI is InChI=1S/C21H26FN7O2S/c1-29(24)20(27-23)32-17-6-5-14(28-31-2)9-15(17)19(30)26-18-16(22)8-13(11-25-18)21-7-3-4-12(21)10-21/h5-6,8-9,11-12,28H,3-4,7,10,23-24H2,1-2H3,(H,25,26,30)/b27-20+. The number of anilines is 2. The fourth-order valence-electron chi connectivity index (χ4n) is 4.47. The van der Waals surface area contributed by atoms with Gasteiger partial charge in [0, 0.05) is 23.6 Å². The lowest BCUT2D eigenvalue weighted by Gasteiger charge is -2.17. The molecule has 0 saturated heterocycles. The summed E-state index contributed by atoms with van der Waals surface area (Å²) in [7, 11) is 3.04. The predicted molar refractivity (Wildman–Crippen MR) is 122 cm³/mol. The van der Waals surface area contributed by atoms with Crippen molar-refractivity contribution < 1.29 is 14.0 Å². The van der Waals surface area contributed by atoms with E-state index in [2.05, 4.69) is 20.9 Å². The molecule has 32 heavy (non-hydrogen) atoms. The van der Waals surface area contributed by atoms with Crippen molar-refractivity contribution in [1.82, 2.24) is 9.99 Å². The summed E-state index contributed by atoms with van der Waals surface area (Å²) in [6.07, 6.45) is 6.22. The van der Waals surface area contributed by atoms with Gasteiger partial charge in [0.25, 0.3) is 5.91 Å². The Morgan fingerprint density at radius 3 is 2.84 bits per heavy atom. The topological polar surface area (TPSA) is 131 Å². The van der Waals surface area contributed by atoms with E-state index in [0.29, 0.717) is 16.5 Å². The van der Waals surface area contributed by atoms with Gasteiger partial charge in [-0.15, -0.1) is 0 Å². The molecule has 1 amide bonds. The van der Waals surface area contributed by atoms with Crippen molar-refractivity contribution >= 4 is 34.3 Å². The van der Waals surface area contributed by atoms with E-state index >= 15 is 0 Å². The van der Waals surface area contributed by atoms with E-state index in [1.165, 1.54) is 31.0 Å². The number of benzene rings is 1. The minimum Gasteiger partial charge on any atom is -0.321 e. The Hall–Kier alpha value is -2.89. The summed E-state index contributed by atoms with van der Waals surface area (Å²) in [5, 5.41) is 7.74. The van der Waals surface area contributed by atoms with Crippen LogP contribution >= 0.6 is 11.8 Å². The van der Waals surface area contributed by atoms with Crippen LogP contribution in [0.5, 0.6) is 0 Å². The van der Waals surface area contributed by atoms with E-state index < -0.39 is 11.7 Å². The highest BCUT2D eigenvalue weighted by molar-refractivity contribution is 8.13. The van der Waals surface area contributed by atoms with Crippen molar-refractivity contribution in [3.63, 3.8) is 0 Å². The van der Waals surface area contributed by atoms with Crippen molar-refractivity contribution in [1.29, 1.82) is 0 Å². The number of nitrogens with two attached hydrogens (primary N) is 2. The molecule has 9 nitrogen and oxygen atoms in total. The molecule has 0 spiro atoms. The maximum Gasteiger partial charge on any atom is 0.258 e. The maximum atomic E-state index is 14.9. The van der Waals surface area contributed by atoms with Crippen LogP contribution in [0.2, 0.25) is 0 Å². The molecule has 1 heterocycles. The first-order chi connectivity index (χ1) is 15.4. The lowest BCUT2D eigenvalue weighted by Crippen LogP contribution is -2.32. The Balaban J connectivity index is 1.58. The molecular weight excluding hydrogens is 433 g/mol. The normalized spacial score (nSPS) is 21.8. The number of nitrogens with one attached hydrogen (secondary N) is 2. The second-order valence-corrected chi connectivity index (χ2v) is 9.11. The number of carbonyl (C=O) groups excluding carboxylic acids is 1. The number of carbonyl (C=O) groups is 1. The Morgan fingerprint density at radius 2 is 2.25 bits per heavy atom. The molecule has 2 unspecified atom stereocenters. The number of thioether (sulfide) groups is 1. The molecular formula is C21H26FN7O2S. The summed E-state index contributed by atoms with van der Waals surface area (Å²) in [6.45, 7) is 0. The van der Waals surface area contributed by atoms with Gasteiger partial charge in [0.15, 0.2) is 11.6 Å². The van der Waals surface area contributed by atoms with Crippen molar-refractivity contribution in [2.24, 2.45) is 22.7 Å². The molecule has 2 aliphatic rings. The fraction of sp³-hybridized carbons (Fsp3) is 0.381. The number of amides is 1. The minimum absolute atomic E-state index is 0.0898. The van der Waals surface area contributed by atoms with Crippen LogP contribution in [0.3, 0.4) is 0 Å². The molecule has 2 saturated carbocycles. The maximum absolute atomic E-state index is 14.9. The second-order valence-electron chi connectivity index (χ2n) is 8.10. The van der Waals surface area contributed by atoms with E-state index in [1.807, 2.05) is 0 Å². The Morgan fingerprint density at radius 1 is 1.44 bits per heavy atom. The average molecular weight is 460 g/mol. The zero-order valence-corrected chi connectivity index (χ0v) is 18.7. The fourth-order valence-corrected chi connectivity index (χ4v) is 5.26. The van der Waals surface area contributed by atoms with Crippen molar-refractivity contribution in [3.8, 4) is 0 Å². The lowest BCUT2D eigenvalue weighted by atomic mass is 9.95. The van der Waals surface area contributed by atoms with Crippen LogP contribution in [0.15, 0.2) is 40.5 Å². The SMILES string of the molecule is CONc1ccc(S/C(=N/N)N(C)N)c(C(=O)Nc2ncc(C34CCCC3C4)cc2F)c1. The molecule has 2 fully saturated rings. The summed E-state index contributed by atoms with van der Waals surface area (Å²) in [5.74, 6) is 10.6. The van der Waals surface area contributed by atoms with Gasteiger partial charge >= 0.3 is 0 Å². The van der Waals surface area contributed by atoms with Gasteiger partial charge in [-0.1, -0.05) is 6.42 Å². The van der Waals surface area contributed by atoms with Gasteiger partial charge in [-0.05, 0) is 66.8 Å². The van der Waals surface area contributed by atoms with Gasteiger partial charge in [-0.3, -0.25) is 20.1 Å². The van der Waals surface area contributed by atoms with E-state index in [-0.39, 0.29) is 22.0 Å². The van der Waals surface area contributed by atoms with Gasteiger partial charge in [0.1, 0.15) is 0 Å². The van der Waals surface area contributed by atoms with Gasteiger partial charge in [0.05, 0.1) is 18.4 Å². The van der Waals surface area contributed by atoms with Crippen LogP contribution in [-0.2, 0) is 10.3 Å². The van der Waals surface area contributed by atoms with Crippen LogP contribution in [0.4, 0.5) is 15.9 Å². The quantitative estimate of drug-likeness (QED) is 0.170. The highest BCUT2D eigenvalue weighted by atomic mass is 32.2. The minimum atomic E-state index is -0.547. The molecule has 2 aliphatic carbocycles. The van der Waals surface area contributed by atoms with Crippen molar-refractivity contribution in [2.45, 2.75) is 36.0 Å². The Kier molecular flexibility index (Phi) is 6.22. The van der Waals surface area contributed by atoms with E-state index in [1.54, 1.807) is 31.4 Å². The molecule has 2 aromatic rings. The number of halogens is 1.